The van der Waals surface area contributed by atoms with Crippen LogP contribution >= 0.6 is 11.8 Å². The lowest BCUT2D eigenvalue weighted by molar-refractivity contribution is -0.142. The van der Waals surface area contributed by atoms with Crippen molar-refractivity contribution in [1.29, 1.82) is 0 Å². The van der Waals surface area contributed by atoms with Gasteiger partial charge in [0.05, 0.1) is 0 Å². The molecule has 1 rings (SSSR count). The minimum Gasteiger partial charge on any atom is -0.508 e. The van der Waals surface area contributed by atoms with Crippen LogP contribution in [0.1, 0.15) is 78.8 Å². The number of amides is 3. The molecule has 0 radical (unpaired) electrons. The largest absolute Gasteiger partial charge is 0.508 e. The summed E-state index contributed by atoms with van der Waals surface area (Å²) in [5, 5.41) is 16.3. The van der Waals surface area contributed by atoms with E-state index in [0.29, 0.717) is 24.2 Å². The Morgan fingerprint density at radius 3 is 2.29 bits per heavy atom. The van der Waals surface area contributed by atoms with Crippen molar-refractivity contribution < 1.29 is 24.2 Å². The Morgan fingerprint density at radius 1 is 1.09 bits per heavy atom. The number of carbonyl (C=O) groups excluding carboxylic acids is 3. The predicted octanol–water partition coefficient (Wildman–Crippen LogP) is 4.62. The summed E-state index contributed by atoms with van der Waals surface area (Å²) in [6.07, 6.45) is 3.89. The van der Waals surface area contributed by atoms with Crippen LogP contribution in [0.5, 0.6) is 5.75 Å². The minimum atomic E-state index is -1.04. The van der Waals surface area contributed by atoms with Crippen molar-refractivity contribution in [2.24, 2.45) is 0 Å². The third kappa shape index (κ3) is 10.4. The first-order valence-electron chi connectivity index (χ1n) is 12.3. The van der Waals surface area contributed by atoms with Crippen LogP contribution in [-0.2, 0) is 14.3 Å². The molecule has 0 aliphatic heterocycles. The van der Waals surface area contributed by atoms with Crippen LogP contribution in [0.25, 0.3) is 0 Å². The molecule has 0 aliphatic carbocycles. The topological polar surface area (TPSA) is 108 Å². The molecule has 1 aromatic carbocycles. The minimum absolute atomic E-state index is 0.0644. The molecule has 1 aromatic rings. The van der Waals surface area contributed by atoms with Crippen LogP contribution < -0.4 is 10.6 Å². The molecule has 35 heavy (non-hydrogen) atoms. The molecule has 3 atom stereocenters. The van der Waals surface area contributed by atoms with E-state index in [9.17, 15) is 19.5 Å². The fourth-order valence-corrected chi connectivity index (χ4v) is 4.22. The van der Waals surface area contributed by atoms with Gasteiger partial charge in [0.15, 0.2) is 0 Å². The van der Waals surface area contributed by atoms with E-state index in [1.54, 1.807) is 50.7 Å². The maximum absolute atomic E-state index is 13.9. The van der Waals surface area contributed by atoms with Gasteiger partial charge in [-0.25, -0.2) is 4.79 Å². The van der Waals surface area contributed by atoms with E-state index >= 15 is 0 Å². The Bertz CT molecular complexity index is 827. The van der Waals surface area contributed by atoms with Crippen molar-refractivity contribution >= 4 is 29.7 Å². The van der Waals surface area contributed by atoms with Gasteiger partial charge >= 0.3 is 6.09 Å². The van der Waals surface area contributed by atoms with Gasteiger partial charge in [0.2, 0.25) is 11.8 Å². The Kier molecular flexibility index (Phi) is 13.0. The standard InChI is InChI=1S/C26H43N3O5S/c1-8-12-18(3)27-23(31)22(19-13-10-11-14-21(19)30)29(16-9-2)24(32)20(15-17-35-7)28-25(33)34-26(4,5)6/h10-11,13-14,18,20,22,30H,8-9,12,15-17H2,1-7H3,(H,27,31)(H,28,33). The SMILES string of the molecule is CCCC(C)NC(=O)C(c1ccccc1O)N(CCC)C(=O)C(CCSC)NC(=O)OC(C)(C)C. The fraction of sp³-hybridized carbons (Fsp3) is 0.654. The molecule has 3 amide bonds. The van der Waals surface area contributed by atoms with Crippen LogP contribution in [0.4, 0.5) is 4.79 Å². The smallest absolute Gasteiger partial charge is 0.408 e. The summed E-state index contributed by atoms with van der Waals surface area (Å²) in [7, 11) is 0. The van der Waals surface area contributed by atoms with Gasteiger partial charge in [-0.2, -0.15) is 11.8 Å². The van der Waals surface area contributed by atoms with E-state index in [4.69, 9.17) is 4.74 Å². The highest BCUT2D eigenvalue weighted by Crippen LogP contribution is 2.30. The first kappa shape index (κ1) is 30.6. The van der Waals surface area contributed by atoms with Crippen LogP contribution in [0.3, 0.4) is 0 Å². The maximum atomic E-state index is 13.9. The van der Waals surface area contributed by atoms with E-state index < -0.39 is 29.7 Å². The molecule has 8 nitrogen and oxygen atoms in total. The van der Waals surface area contributed by atoms with E-state index in [-0.39, 0.29) is 24.2 Å². The lowest BCUT2D eigenvalue weighted by Crippen LogP contribution is -2.54. The van der Waals surface area contributed by atoms with Crippen molar-refractivity contribution in [3.8, 4) is 5.75 Å². The maximum Gasteiger partial charge on any atom is 0.408 e. The Hall–Kier alpha value is -2.42. The highest BCUT2D eigenvalue weighted by Gasteiger charge is 2.37. The molecule has 0 aromatic heterocycles. The van der Waals surface area contributed by atoms with Gasteiger partial charge in [-0.1, -0.05) is 38.5 Å². The summed E-state index contributed by atoms with van der Waals surface area (Å²) in [6, 6.07) is 4.54. The number of hydrogen-bond acceptors (Lipinski definition) is 6. The zero-order chi connectivity index (χ0) is 26.6. The third-order valence-electron chi connectivity index (χ3n) is 5.25. The highest BCUT2D eigenvalue weighted by atomic mass is 32.2. The second-order valence-corrected chi connectivity index (χ2v) is 10.7. The lowest BCUT2D eigenvalue weighted by Gasteiger charge is -2.35. The molecule has 0 saturated carbocycles. The van der Waals surface area contributed by atoms with Crippen molar-refractivity contribution in [3.63, 3.8) is 0 Å². The molecule has 198 valence electrons. The summed E-state index contributed by atoms with van der Waals surface area (Å²) >= 11 is 1.56. The summed E-state index contributed by atoms with van der Waals surface area (Å²) in [4.78, 5) is 41.4. The highest BCUT2D eigenvalue weighted by molar-refractivity contribution is 7.98. The number of para-hydroxylation sites is 1. The van der Waals surface area contributed by atoms with Gasteiger partial charge in [0.1, 0.15) is 23.4 Å². The summed E-state index contributed by atoms with van der Waals surface area (Å²) in [6.45, 7) is 11.4. The van der Waals surface area contributed by atoms with Crippen molar-refractivity contribution in [2.45, 2.75) is 91.0 Å². The lowest BCUT2D eigenvalue weighted by atomic mass is 10.0. The van der Waals surface area contributed by atoms with Crippen molar-refractivity contribution in [3.05, 3.63) is 29.8 Å². The second kappa shape index (κ2) is 14.9. The van der Waals surface area contributed by atoms with Gasteiger partial charge < -0.3 is 25.4 Å². The third-order valence-corrected chi connectivity index (χ3v) is 5.89. The van der Waals surface area contributed by atoms with E-state index in [1.165, 1.54) is 11.0 Å². The number of rotatable bonds is 13. The number of aromatic hydroxyl groups is 1. The van der Waals surface area contributed by atoms with Crippen LogP contribution in [-0.4, -0.2) is 64.2 Å². The van der Waals surface area contributed by atoms with Gasteiger partial charge in [-0.05, 0) is 65.0 Å². The summed E-state index contributed by atoms with van der Waals surface area (Å²) in [5.41, 5.74) is -0.370. The number of ether oxygens (including phenoxy) is 1. The molecule has 0 spiro atoms. The molecule has 0 heterocycles. The average Bonchev–Trinajstić information content (AvgIpc) is 2.75. The molecular formula is C26H43N3O5S. The number of carbonyl (C=O) groups is 3. The quantitative estimate of drug-likeness (QED) is 0.358. The van der Waals surface area contributed by atoms with E-state index in [2.05, 4.69) is 10.6 Å². The first-order chi connectivity index (χ1) is 16.4. The number of phenolic OH excluding ortho intramolecular Hbond substituents is 1. The van der Waals surface area contributed by atoms with Gasteiger partial charge in [-0.3, -0.25) is 9.59 Å². The zero-order valence-electron chi connectivity index (χ0n) is 22.2. The molecule has 3 N–H and O–H groups in total. The molecule has 9 heteroatoms. The monoisotopic (exact) mass is 509 g/mol. The molecule has 0 aliphatic rings. The Balaban J connectivity index is 3.41. The van der Waals surface area contributed by atoms with Gasteiger partial charge in [0, 0.05) is 18.2 Å². The van der Waals surface area contributed by atoms with Crippen LogP contribution in [0.2, 0.25) is 0 Å². The number of benzene rings is 1. The average molecular weight is 510 g/mol. The van der Waals surface area contributed by atoms with Gasteiger partial charge in [0.25, 0.3) is 0 Å². The number of thioether (sulfide) groups is 1. The molecular weight excluding hydrogens is 466 g/mol. The normalized spacial score (nSPS) is 13.9. The van der Waals surface area contributed by atoms with Crippen molar-refractivity contribution in [1.82, 2.24) is 15.5 Å². The van der Waals surface area contributed by atoms with Gasteiger partial charge in [-0.15, -0.1) is 0 Å². The Morgan fingerprint density at radius 2 is 1.74 bits per heavy atom. The number of nitrogens with one attached hydrogen (secondary N) is 2. The summed E-state index contributed by atoms with van der Waals surface area (Å²) < 4.78 is 5.38. The van der Waals surface area contributed by atoms with Crippen LogP contribution in [0.15, 0.2) is 24.3 Å². The molecule has 3 unspecified atom stereocenters. The fourth-order valence-electron chi connectivity index (χ4n) is 3.75. The summed E-state index contributed by atoms with van der Waals surface area (Å²) in [5.74, 6) is -0.188. The van der Waals surface area contributed by atoms with Crippen LogP contribution in [0, 0.1) is 0 Å². The predicted molar refractivity (Wildman–Crippen MR) is 142 cm³/mol. The van der Waals surface area contributed by atoms with E-state index in [1.807, 2.05) is 27.0 Å². The Labute approximate surface area is 214 Å². The zero-order valence-corrected chi connectivity index (χ0v) is 23.0. The van der Waals surface area contributed by atoms with Crippen molar-refractivity contribution in [2.75, 3.05) is 18.6 Å². The number of hydrogen-bond donors (Lipinski definition) is 3. The number of phenols is 1. The van der Waals surface area contributed by atoms with E-state index in [0.717, 1.165) is 12.8 Å². The second-order valence-electron chi connectivity index (χ2n) is 9.67. The number of alkyl carbamates (subject to hydrolysis) is 1. The first-order valence-corrected chi connectivity index (χ1v) is 13.7. The molecule has 0 bridgehead atoms. The number of nitrogens with zero attached hydrogens (tertiary/aromatic N) is 1. The molecule has 0 saturated heterocycles. The molecule has 0 fully saturated rings.